The molecule has 2 aliphatic rings. The Morgan fingerprint density at radius 2 is 1.85 bits per heavy atom. The van der Waals surface area contributed by atoms with E-state index in [1.165, 1.54) is 22.4 Å². The maximum absolute atomic E-state index is 13.5. The van der Waals surface area contributed by atoms with Crippen molar-refractivity contribution in [3.05, 3.63) is 58.4 Å². The molecule has 0 atom stereocenters. The second kappa shape index (κ2) is 8.82. The van der Waals surface area contributed by atoms with E-state index in [9.17, 15) is 9.90 Å². The van der Waals surface area contributed by atoms with Gasteiger partial charge in [0.25, 0.3) is 5.91 Å². The standard InChI is InChI=1S/C27H34N4O2/c1-4-31-19(3)18(2)23-15-24(27(33)29-12-9-20(17-32)10-13-29)28-26(25(23)31)30-14-11-21-7-5-6-8-22(21)16-30/h5-8,15,20,32H,4,9-14,16-17H2,1-3H3. The highest BCUT2D eigenvalue weighted by Crippen LogP contribution is 2.35. The van der Waals surface area contributed by atoms with Gasteiger partial charge in [-0.1, -0.05) is 24.3 Å². The van der Waals surface area contributed by atoms with Crippen LogP contribution in [0.15, 0.2) is 30.3 Å². The number of aliphatic hydroxyl groups excluding tert-OH is 1. The molecule has 1 saturated heterocycles. The number of benzene rings is 1. The second-order valence-corrected chi connectivity index (χ2v) is 9.54. The normalized spacial score (nSPS) is 17.0. The van der Waals surface area contributed by atoms with Gasteiger partial charge < -0.3 is 19.5 Å². The van der Waals surface area contributed by atoms with Gasteiger partial charge in [-0.25, -0.2) is 4.98 Å². The Kier molecular flexibility index (Phi) is 5.87. The van der Waals surface area contributed by atoms with Crippen molar-refractivity contribution in [3.63, 3.8) is 0 Å². The molecule has 5 rings (SSSR count). The highest BCUT2D eigenvalue weighted by molar-refractivity contribution is 6.01. The fourth-order valence-corrected chi connectivity index (χ4v) is 5.52. The number of aryl methyl sites for hydroxylation is 2. The summed E-state index contributed by atoms with van der Waals surface area (Å²) in [5.41, 5.74) is 6.88. The number of carbonyl (C=O) groups is 1. The predicted octanol–water partition coefficient (Wildman–Crippen LogP) is 4.08. The molecule has 0 saturated carbocycles. The number of likely N-dealkylation sites (tertiary alicyclic amines) is 1. The second-order valence-electron chi connectivity index (χ2n) is 9.54. The first-order valence-corrected chi connectivity index (χ1v) is 12.2. The zero-order valence-electron chi connectivity index (χ0n) is 20.0. The molecule has 3 aromatic rings. The molecule has 0 unspecified atom stereocenters. The van der Waals surface area contributed by atoms with Crippen LogP contribution < -0.4 is 4.90 Å². The minimum Gasteiger partial charge on any atom is -0.396 e. The van der Waals surface area contributed by atoms with Crippen LogP contribution >= 0.6 is 0 Å². The van der Waals surface area contributed by atoms with Crippen LogP contribution in [0.2, 0.25) is 0 Å². The van der Waals surface area contributed by atoms with Crippen LogP contribution in [0.5, 0.6) is 0 Å². The quantitative estimate of drug-likeness (QED) is 0.656. The van der Waals surface area contributed by atoms with Gasteiger partial charge in [0.1, 0.15) is 5.69 Å². The number of carbonyl (C=O) groups excluding carboxylic acids is 1. The summed E-state index contributed by atoms with van der Waals surface area (Å²) in [7, 11) is 0. The first-order valence-electron chi connectivity index (χ1n) is 12.2. The van der Waals surface area contributed by atoms with Gasteiger partial charge in [-0.3, -0.25) is 4.79 Å². The lowest BCUT2D eigenvalue weighted by Crippen LogP contribution is -2.40. The maximum atomic E-state index is 13.5. The molecule has 4 heterocycles. The van der Waals surface area contributed by atoms with E-state index in [1.807, 2.05) is 11.0 Å². The first kappa shape index (κ1) is 22.0. The van der Waals surface area contributed by atoms with Gasteiger partial charge in [-0.2, -0.15) is 0 Å². The summed E-state index contributed by atoms with van der Waals surface area (Å²) in [6.07, 6.45) is 2.69. The third-order valence-corrected chi connectivity index (χ3v) is 7.72. The van der Waals surface area contributed by atoms with Gasteiger partial charge in [0.2, 0.25) is 0 Å². The topological polar surface area (TPSA) is 61.6 Å². The molecule has 1 fully saturated rings. The number of nitrogens with zero attached hydrogens (tertiary/aromatic N) is 4. The fraction of sp³-hybridized carbons (Fsp3) is 0.481. The number of fused-ring (bicyclic) bond motifs is 2. The molecular weight excluding hydrogens is 412 g/mol. The van der Waals surface area contributed by atoms with Gasteiger partial charge in [0.15, 0.2) is 5.82 Å². The number of hydrogen-bond donors (Lipinski definition) is 1. The number of rotatable bonds is 4. The molecule has 1 amide bonds. The van der Waals surface area contributed by atoms with Crippen molar-refractivity contribution in [2.45, 2.75) is 53.1 Å². The number of pyridine rings is 1. The van der Waals surface area contributed by atoms with Crippen molar-refractivity contribution in [2.75, 3.05) is 31.1 Å². The molecule has 174 valence electrons. The van der Waals surface area contributed by atoms with Crippen LogP contribution in [0.1, 0.15) is 52.6 Å². The molecule has 0 aliphatic carbocycles. The first-order chi connectivity index (χ1) is 16.0. The van der Waals surface area contributed by atoms with Crippen LogP contribution in [-0.4, -0.2) is 51.7 Å². The summed E-state index contributed by atoms with van der Waals surface area (Å²) >= 11 is 0. The fourth-order valence-electron chi connectivity index (χ4n) is 5.52. The van der Waals surface area contributed by atoms with E-state index in [0.717, 1.165) is 55.6 Å². The molecule has 0 spiro atoms. The summed E-state index contributed by atoms with van der Waals surface area (Å²) in [4.78, 5) is 22.8. The van der Waals surface area contributed by atoms with Crippen molar-refractivity contribution in [1.82, 2.24) is 14.5 Å². The molecule has 0 radical (unpaired) electrons. The highest BCUT2D eigenvalue weighted by Gasteiger charge is 2.28. The zero-order chi connectivity index (χ0) is 23.1. The minimum absolute atomic E-state index is 0.00764. The monoisotopic (exact) mass is 446 g/mol. The van der Waals surface area contributed by atoms with Crippen molar-refractivity contribution < 1.29 is 9.90 Å². The lowest BCUT2D eigenvalue weighted by Gasteiger charge is -2.32. The van der Waals surface area contributed by atoms with Crippen molar-refractivity contribution in [2.24, 2.45) is 5.92 Å². The summed E-state index contributed by atoms with van der Waals surface area (Å²) in [5, 5.41) is 10.6. The molecular formula is C27H34N4O2. The Morgan fingerprint density at radius 3 is 2.55 bits per heavy atom. The number of anilines is 1. The molecule has 6 nitrogen and oxygen atoms in total. The number of aromatic nitrogens is 2. The third kappa shape index (κ3) is 3.80. The number of amides is 1. The Balaban J connectivity index is 1.58. The van der Waals surface area contributed by atoms with E-state index in [1.54, 1.807) is 0 Å². The lowest BCUT2D eigenvalue weighted by molar-refractivity contribution is 0.0645. The lowest BCUT2D eigenvalue weighted by atomic mass is 9.97. The van der Waals surface area contributed by atoms with Gasteiger partial charge in [-0.05, 0) is 68.7 Å². The molecule has 6 heteroatoms. The van der Waals surface area contributed by atoms with E-state index >= 15 is 0 Å². The van der Waals surface area contributed by atoms with Crippen molar-refractivity contribution in [1.29, 1.82) is 0 Å². The van der Waals surface area contributed by atoms with Crippen molar-refractivity contribution in [3.8, 4) is 0 Å². The Morgan fingerprint density at radius 1 is 1.12 bits per heavy atom. The van der Waals surface area contributed by atoms with Gasteiger partial charge in [-0.15, -0.1) is 0 Å². The summed E-state index contributed by atoms with van der Waals surface area (Å²) in [5.74, 6) is 1.24. The van der Waals surface area contributed by atoms with Crippen LogP contribution in [0, 0.1) is 19.8 Å². The van der Waals surface area contributed by atoms with E-state index in [0.29, 0.717) is 24.7 Å². The third-order valence-electron chi connectivity index (χ3n) is 7.72. The maximum Gasteiger partial charge on any atom is 0.272 e. The Labute approximate surface area is 195 Å². The Hall–Kier alpha value is -2.86. The summed E-state index contributed by atoms with van der Waals surface area (Å²) in [6.45, 7) is 10.6. The van der Waals surface area contributed by atoms with Gasteiger partial charge in [0.05, 0.1) is 5.52 Å². The molecule has 2 aliphatic heterocycles. The summed E-state index contributed by atoms with van der Waals surface area (Å²) < 4.78 is 2.34. The van der Waals surface area contributed by atoms with E-state index in [-0.39, 0.29) is 12.5 Å². The predicted molar refractivity (Wildman–Crippen MR) is 132 cm³/mol. The molecule has 33 heavy (non-hydrogen) atoms. The number of hydrogen-bond acceptors (Lipinski definition) is 4. The van der Waals surface area contributed by atoms with Gasteiger partial charge in [0, 0.05) is 50.4 Å². The average Bonchev–Trinajstić information content (AvgIpc) is 3.12. The Bertz CT molecular complexity index is 1190. The number of piperidine rings is 1. The van der Waals surface area contributed by atoms with Crippen LogP contribution in [0.4, 0.5) is 5.82 Å². The van der Waals surface area contributed by atoms with E-state index in [2.05, 4.69) is 54.5 Å². The zero-order valence-corrected chi connectivity index (χ0v) is 20.0. The van der Waals surface area contributed by atoms with Crippen LogP contribution in [-0.2, 0) is 19.5 Å². The molecule has 2 aromatic heterocycles. The minimum atomic E-state index is 0.00764. The van der Waals surface area contributed by atoms with Crippen LogP contribution in [0.25, 0.3) is 10.9 Å². The van der Waals surface area contributed by atoms with Crippen LogP contribution in [0.3, 0.4) is 0 Å². The molecule has 1 aromatic carbocycles. The van der Waals surface area contributed by atoms with E-state index < -0.39 is 0 Å². The number of aliphatic hydroxyl groups is 1. The largest absolute Gasteiger partial charge is 0.396 e. The van der Waals surface area contributed by atoms with Crippen molar-refractivity contribution >= 4 is 22.6 Å². The molecule has 0 bridgehead atoms. The van der Waals surface area contributed by atoms with E-state index in [4.69, 9.17) is 4.98 Å². The average molecular weight is 447 g/mol. The van der Waals surface area contributed by atoms with Gasteiger partial charge >= 0.3 is 0 Å². The summed E-state index contributed by atoms with van der Waals surface area (Å²) in [6, 6.07) is 10.6. The SMILES string of the molecule is CCn1c(C)c(C)c2cc(C(=O)N3CCC(CO)CC3)nc(N3CCc4ccccc4C3)c21. The molecule has 1 N–H and O–H groups in total. The smallest absolute Gasteiger partial charge is 0.272 e. The highest BCUT2D eigenvalue weighted by atomic mass is 16.3.